The number of rotatable bonds is 5. The molecule has 2 N–H and O–H groups in total. The Morgan fingerprint density at radius 1 is 1.25 bits per heavy atom. The monoisotopic (exact) mass is 378 g/mol. The van der Waals surface area contributed by atoms with Crippen LogP contribution in [0.15, 0.2) is 55.0 Å². The van der Waals surface area contributed by atoms with Crippen molar-refractivity contribution >= 4 is 16.8 Å². The molecule has 6 nitrogen and oxygen atoms in total. The number of aryl methyl sites for hydroxylation is 1. The number of imidazole rings is 1. The Hall–Kier alpha value is -3.61. The zero-order chi connectivity index (χ0) is 19.7. The number of H-pyrrole nitrogens is 1. The number of nitrogens with zero attached hydrogens (tertiary/aromatic N) is 2. The zero-order valence-electron chi connectivity index (χ0n) is 15.5. The van der Waals surface area contributed by atoms with Crippen LogP contribution >= 0.6 is 0 Å². The van der Waals surface area contributed by atoms with Crippen LogP contribution in [0, 0.1) is 12.7 Å². The fourth-order valence-corrected chi connectivity index (χ4v) is 3.12. The van der Waals surface area contributed by atoms with Crippen LogP contribution in [0.2, 0.25) is 0 Å². The summed E-state index contributed by atoms with van der Waals surface area (Å²) < 4.78 is 20.6. The molecule has 0 aliphatic carbocycles. The molecular weight excluding hydrogens is 359 g/mol. The summed E-state index contributed by atoms with van der Waals surface area (Å²) in [5, 5.41) is 3.64. The molecule has 0 radical (unpaired) electrons. The number of aromatic amines is 1. The number of nitrogens with one attached hydrogen (secondary N) is 2. The molecule has 0 aliphatic rings. The van der Waals surface area contributed by atoms with E-state index in [9.17, 15) is 9.18 Å². The van der Waals surface area contributed by atoms with E-state index in [2.05, 4.69) is 15.3 Å². The van der Waals surface area contributed by atoms with E-state index in [-0.39, 0.29) is 11.7 Å². The molecule has 142 valence electrons. The molecule has 2 heterocycles. The molecule has 0 aliphatic heterocycles. The fraction of sp³-hybridized carbons (Fsp3) is 0.143. The number of ether oxygens (including phenoxy) is 1. The number of hydrogen-bond acceptors (Lipinski definition) is 3. The van der Waals surface area contributed by atoms with Crippen molar-refractivity contribution in [3.05, 3.63) is 77.8 Å². The van der Waals surface area contributed by atoms with Gasteiger partial charge in [0, 0.05) is 28.4 Å². The molecule has 4 aromatic rings. The molecule has 0 fully saturated rings. The third-order valence-corrected chi connectivity index (χ3v) is 4.51. The summed E-state index contributed by atoms with van der Waals surface area (Å²) in [6.07, 6.45) is 3.59. The standard InChI is InChI=1S/C21H19FN4O2/c1-13-11-26(12-24-13)19-6-3-14(9-20(19)28-2)21(27)23-10-17-8-15-7-16(22)4-5-18(15)25-17/h3-9,11-12,25H,10H2,1-2H3,(H,23,27). The van der Waals surface area contributed by atoms with Gasteiger partial charge in [0.25, 0.3) is 5.91 Å². The Kier molecular flexibility index (Phi) is 4.57. The molecule has 4 rings (SSSR count). The van der Waals surface area contributed by atoms with E-state index in [0.29, 0.717) is 17.9 Å². The van der Waals surface area contributed by atoms with Crippen molar-refractivity contribution in [2.45, 2.75) is 13.5 Å². The number of benzene rings is 2. The zero-order valence-corrected chi connectivity index (χ0v) is 15.5. The summed E-state index contributed by atoms with van der Waals surface area (Å²) in [5.74, 6) is 0.0602. The third-order valence-electron chi connectivity index (χ3n) is 4.51. The van der Waals surface area contributed by atoms with Gasteiger partial charge in [0.1, 0.15) is 11.6 Å². The van der Waals surface area contributed by atoms with Gasteiger partial charge in [-0.3, -0.25) is 4.79 Å². The number of hydrogen-bond donors (Lipinski definition) is 2. The van der Waals surface area contributed by atoms with Crippen molar-refractivity contribution in [3.8, 4) is 11.4 Å². The maximum Gasteiger partial charge on any atom is 0.251 e. The van der Waals surface area contributed by atoms with Crippen molar-refractivity contribution in [2.75, 3.05) is 7.11 Å². The quantitative estimate of drug-likeness (QED) is 0.556. The minimum absolute atomic E-state index is 0.225. The van der Waals surface area contributed by atoms with Crippen LogP contribution in [-0.2, 0) is 6.54 Å². The predicted molar refractivity (Wildman–Crippen MR) is 104 cm³/mol. The number of fused-ring (bicyclic) bond motifs is 1. The van der Waals surface area contributed by atoms with Gasteiger partial charge in [0.15, 0.2) is 0 Å². The minimum atomic E-state index is -0.289. The molecule has 0 saturated carbocycles. The second-order valence-electron chi connectivity index (χ2n) is 6.52. The Morgan fingerprint density at radius 3 is 2.86 bits per heavy atom. The lowest BCUT2D eigenvalue weighted by molar-refractivity contribution is 0.0950. The molecule has 0 saturated heterocycles. The van der Waals surface area contributed by atoms with Crippen molar-refractivity contribution in [3.63, 3.8) is 0 Å². The van der Waals surface area contributed by atoms with E-state index in [0.717, 1.165) is 28.0 Å². The van der Waals surface area contributed by atoms with Crippen LogP contribution in [0.3, 0.4) is 0 Å². The molecule has 2 aromatic carbocycles. The summed E-state index contributed by atoms with van der Waals surface area (Å²) >= 11 is 0. The molecule has 0 spiro atoms. The highest BCUT2D eigenvalue weighted by Crippen LogP contribution is 2.24. The first-order chi connectivity index (χ1) is 13.5. The summed E-state index contributed by atoms with van der Waals surface area (Å²) in [6, 6.07) is 11.6. The Balaban J connectivity index is 1.51. The van der Waals surface area contributed by atoms with E-state index in [1.165, 1.54) is 12.1 Å². The maximum atomic E-state index is 13.3. The smallest absolute Gasteiger partial charge is 0.251 e. The molecule has 0 bridgehead atoms. The highest BCUT2D eigenvalue weighted by Gasteiger charge is 2.12. The van der Waals surface area contributed by atoms with E-state index < -0.39 is 0 Å². The normalized spacial score (nSPS) is 11.0. The van der Waals surface area contributed by atoms with Crippen molar-refractivity contribution < 1.29 is 13.9 Å². The number of carbonyl (C=O) groups excluding carboxylic acids is 1. The molecule has 28 heavy (non-hydrogen) atoms. The molecule has 2 aromatic heterocycles. The predicted octanol–water partition coefficient (Wildman–Crippen LogP) is 3.74. The van der Waals surface area contributed by atoms with Gasteiger partial charge in [-0.25, -0.2) is 9.37 Å². The average molecular weight is 378 g/mol. The summed E-state index contributed by atoms with van der Waals surface area (Å²) in [6.45, 7) is 2.21. The van der Waals surface area contributed by atoms with Crippen LogP contribution in [0.1, 0.15) is 21.7 Å². The van der Waals surface area contributed by atoms with Crippen molar-refractivity contribution in [1.82, 2.24) is 19.9 Å². The maximum absolute atomic E-state index is 13.3. The number of amides is 1. The first-order valence-corrected chi connectivity index (χ1v) is 8.78. The second-order valence-corrected chi connectivity index (χ2v) is 6.52. The van der Waals surface area contributed by atoms with Gasteiger partial charge in [0.05, 0.1) is 31.4 Å². The van der Waals surface area contributed by atoms with Gasteiger partial charge in [-0.1, -0.05) is 0 Å². The van der Waals surface area contributed by atoms with Gasteiger partial charge >= 0.3 is 0 Å². The lowest BCUT2D eigenvalue weighted by atomic mass is 10.1. The number of methoxy groups -OCH3 is 1. The average Bonchev–Trinajstić information content (AvgIpc) is 3.30. The van der Waals surface area contributed by atoms with E-state index in [4.69, 9.17) is 4.74 Å². The van der Waals surface area contributed by atoms with Gasteiger partial charge in [-0.2, -0.15) is 0 Å². The molecular formula is C21H19FN4O2. The van der Waals surface area contributed by atoms with Crippen LogP contribution < -0.4 is 10.1 Å². The summed E-state index contributed by atoms with van der Waals surface area (Å²) in [4.78, 5) is 19.9. The van der Waals surface area contributed by atoms with Crippen molar-refractivity contribution in [2.24, 2.45) is 0 Å². The third kappa shape index (κ3) is 3.46. The van der Waals surface area contributed by atoms with Crippen LogP contribution in [-0.4, -0.2) is 27.6 Å². The SMILES string of the molecule is COc1cc(C(=O)NCc2cc3cc(F)ccc3[nH]2)ccc1-n1cnc(C)c1. The Morgan fingerprint density at radius 2 is 2.11 bits per heavy atom. The van der Waals surface area contributed by atoms with Gasteiger partial charge in [-0.05, 0) is 49.4 Å². The second kappa shape index (κ2) is 7.19. The fourth-order valence-electron chi connectivity index (χ4n) is 3.12. The van der Waals surface area contributed by atoms with E-state index in [1.807, 2.05) is 29.8 Å². The van der Waals surface area contributed by atoms with Gasteiger partial charge in [-0.15, -0.1) is 0 Å². The Bertz CT molecular complexity index is 1160. The molecule has 0 atom stereocenters. The highest BCUT2D eigenvalue weighted by molar-refractivity contribution is 5.95. The summed E-state index contributed by atoms with van der Waals surface area (Å²) in [7, 11) is 1.56. The molecule has 7 heteroatoms. The topological polar surface area (TPSA) is 71.9 Å². The van der Waals surface area contributed by atoms with E-state index in [1.54, 1.807) is 31.6 Å². The highest BCUT2D eigenvalue weighted by atomic mass is 19.1. The lowest BCUT2D eigenvalue weighted by Gasteiger charge is -2.11. The van der Waals surface area contributed by atoms with Gasteiger partial charge < -0.3 is 19.6 Å². The lowest BCUT2D eigenvalue weighted by Crippen LogP contribution is -2.23. The molecule has 0 unspecified atom stereocenters. The Labute approximate surface area is 161 Å². The first-order valence-electron chi connectivity index (χ1n) is 8.78. The first kappa shape index (κ1) is 17.8. The molecule has 1 amide bonds. The van der Waals surface area contributed by atoms with Crippen LogP contribution in [0.4, 0.5) is 4.39 Å². The van der Waals surface area contributed by atoms with Gasteiger partial charge in [0.2, 0.25) is 0 Å². The number of aromatic nitrogens is 3. The minimum Gasteiger partial charge on any atom is -0.495 e. The van der Waals surface area contributed by atoms with Crippen LogP contribution in [0.5, 0.6) is 5.75 Å². The van der Waals surface area contributed by atoms with E-state index >= 15 is 0 Å². The van der Waals surface area contributed by atoms with Crippen LogP contribution in [0.25, 0.3) is 16.6 Å². The largest absolute Gasteiger partial charge is 0.495 e. The number of carbonyl (C=O) groups is 1. The summed E-state index contributed by atoms with van der Waals surface area (Å²) in [5.41, 5.74) is 3.80. The van der Waals surface area contributed by atoms with Crippen molar-refractivity contribution in [1.29, 1.82) is 0 Å². The number of halogens is 1.